The van der Waals surface area contributed by atoms with E-state index in [1.165, 1.54) is 0 Å². The first-order valence-corrected chi connectivity index (χ1v) is 7.42. The lowest BCUT2D eigenvalue weighted by Crippen LogP contribution is -2.09. The molecule has 0 amide bonds. The number of rotatable bonds is 5. The van der Waals surface area contributed by atoms with Crippen LogP contribution >= 0.6 is 0 Å². The molecule has 22 heavy (non-hydrogen) atoms. The molecule has 1 unspecified atom stereocenters. The van der Waals surface area contributed by atoms with E-state index in [9.17, 15) is 0 Å². The monoisotopic (exact) mass is 299 g/mol. The van der Waals surface area contributed by atoms with Crippen molar-refractivity contribution in [2.24, 2.45) is 7.05 Å². The van der Waals surface area contributed by atoms with Crippen molar-refractivity contribution in [3.8, 4) is 5.75 Å². The summed E-state index contributed by atoms with van der Waals surface area (Å²) in [7, 11) is 3.56. The quantitative estimate of drug-likeness (QED) is 0.787. The predicted molar refractivity (Wildman–Crippen MR) is 87.2 cm³/mol. The molecule has 0 spiro atoms. The minimum absolute atomic E-state index is 0.0478. The number of nitrogens with zero attached hydrogens (tertiary/aromatic N) is 4. The third-order valence-electron chi connectivity index (χ3n) is 3.78. The summed E-state index contributed by atoms with van der Waals surface area (Å²) in [6.07, 6.45) is 3.77. The number of nitrogens with one attached hydrogen (secondary N) is 1. The van der Waals surface area contributed by atoms with Crippen molar-refractivity contribution in [1.29, 1.82) is 0 Å². The van der Waals surface area contributed by atoms with Gasteiger partial charge in [-0.3, -0.25) is 9.36 Å². The van der Waals surface area contributed by atoms with Crippen LogP contribution in [-0.2, 0) is 13.6 Å². The second-order valence-electron chi connectivity index (χ2n) is 5.36. The lowest BCUT2D eigenvalue weighted by Gasteiger charge is -2.14. The van der Waals surface area contributed by atoms with Gasteiger partial charge >= 0.3 is 0 Å². The maximum atomic E-state index is 5.38. The molecule has 2 heterocycles. The second-order valence-corrected chi connectivity index (χ2v) is 5.36. The van der Waals surface area contributed by atoms with Crippen molar-refractivity contribution < 1.29 is 4.74 Å². The maximum Gasteiger partial charge on any atom is 0.162 e. The smallest absolute Gasteiger partial charge is 0.162 e. The average Bonchev–Trinajstić information content (AvgIpc) is 3.09. The van der Waals surface area contributed by atoms with E-state index < -0.39 is 0 Å². The Balaban J connectivity index is 1.88. The Bertz CT molecular complexity index is 789. The number of methoxy groups -OCH3 is 1. The maximum absolute atomic E-state index is 5.38. The highest BCUT2D eigenvalue weighted by atomic mass is 16.5. The minimum Gasteiger partial charge on any atom is -0.493 e. The molecule has 0 bridgehead atoms. The molecule has 0 fully saturated rings. The van der Waals surface area contributed by atoms with Crippen molar-refractivity contribution in [2.75, 3.05) is 12.4 Å². The van der Waals surface area contributed by atoms with Crippen LogP contribution in [0.1, 0.15) is 25.6 Å². The molecule has 1 atom stereocenters. The van der Waals surface area contributed by atoms with E-state index in [1.54, 1.807) is 11.8 Å². The van der Waals surface area contributed by atoms with Crippen LogP contribution in [0.25, 0.3) is 10.9 Å². The summed E-state index contributed by atoms with van der Waals surface area (Å²) < 4.78 is 9.14. The van der Waals surface area contributed by atoms with Gasteiger partial charge in [0.1, 0.15) is 5.69 Å². The Morgan fingerprint density at radius 2 is 2.18 bits per heavy atom. The van der Waals surface area contributed by atoms with Gasteiger partial charge in [0.15, 0.2) is 5.75 Å². The molecule has 0 radical (unpaired) electrons. The lowest BCUT2D eigenvalue weighted by molar-refractivity contribution is 0.407. The summed E-state index contributed by atoms with van der Waals surface area (Å²) in [5, 5.41) is 13.5. The first-order valence-electron chi connectivity index (χ1n) is 7.42. The fraction of sp³-hybridized carbons (Fsp3) is 0.375. The van der Waals surface area contributed by atoms with Gasteiger partial charge in [0.2, 0.25) is 0 Å². The number of aryl methyl sites for hydroxylation is 2. The van der Waals surface area contributed by atoms with Gasteiger partial charge in [0, 0.05) is 24.7 Å². The number of aromatic nitrogens is 4. The first kappa shape index (κ1) is 14.4. The topological polar surface area (TPSA) is 56.9 Å². The van der Waals surface area contributed by atoms with E-state index in [4.69, 9.17) is 4.74 Å². The molecule has 3 rings (SSSR count). The summed E-state index contributed by atoms with van der Waals surface area (Å²) in [5.41, 5.74) is 3.07. The van der Waals surface area contributed by atoms with Crippen LogP contribution in [-0.4, -0.2) is 26.7 Å². The SMILES string of the molecule is CCn1ncc2ccc(NC(C)c3nn(C)cc3OC)cc21. The minimum atomic E-state index is 0.0478. The summed E-state index contributed by atoms with van der Waals surface area (Å²) in [6, 6.07) is 6.32. The highest BCUT2D eigenvalue weighted by Gasteiger charge is 2.16. The zero-order valence-electron chi connectivity index (χ0n) is 13.4. The standard InChI is InChI=1S/C16H21N5O/c1-5-21-14-8-13(7-6-12(14)9-17-21)18-11(2)16-15(22-4)10-20(3)19-16/h6-11,18H,5H2,1-4H3. The zero-order valence-corrected chi connectivity index (χ0v) is 13.4. The molecule has 0 saturated heterocycles. The summed E-state index contributed by atoms with van der Waals surface area (Å²) >= 11 is 0. The summed E-state index contributed by atoms with van der Waals surface area (Å²) in [6.45, 7) is 5.02. The Hall–Kier alpha value is -2.50. The third kappa shape index (κ3) is 2.52. The van der Waals surface area contributed by atoms with Crippen LogP contribution in [0, 0.1) is 0 Å². The number of hydrogen-bond donors (Lipinski definition) is 1. The summed E-state index contributed by atoms with van der Waals surface area (Å²) in [4.78, 5) is 0. The van der Waals surface area contributed by atoms with E-state index >= 15 is 0 Å². The first-order chi connectivity index (χ1) is 10.6. The highest BCUT2D eigenvalue weighted by Crippen LogP contribution is 2.27. The normalized spacial score (nSPS) is 12.5. The molecular formula is C16H21N5O. The van der Waals surface area contributed by atoms with Crippen molar-refractivity contribution in [3.05, 3.63) is 36.3 Å². The Labute approximate surface area is 129 Å². The molecule has 0 saturated carbocycles. The number of benzene rings is 1. The van der Waals surface area contributed by atoms with E-state index in [0.717, 1.165) is 34.6 Å². The molecule has 2 aromatic heterocycles. The molecule has 3 aromatic rings. The van der Waals surface area contributed by atoms with Gasteiger partial charge in [-0.15, -0.1) is 0 Å². The predicted octanol–water partition coefficient (Wildman–Crippen LogP) is 2.97. The molecule has 0 aliphatic rings. The van der Waals surface area contributed by atoms with Gasteiger partial charge in [-0.1, -0.05) is 0 Å². The van der Waals surface area contributed by atoms with Crippen LogP contribution in [0.15, 0.2) is 30.6 Å². The molecule has 6 heteroatoms. The lowest BCUT2D eigenvalue weighted by atomic mass is 10.2. The van der Waals surface area contributed by atoms with Crippen LogP contribution in [0.2, 0.25) is 0 Å². The molecule has 6 nitrogen and oxygen atoms in total. The molecule has 1 aromatic carbocycles. The second kappa shape index (κ2) is 5.71. The van der Waals surface area contributed by atoms with Crippen molar-refractivity contribution >= 4 is 16.6 Å². The van der Waals surface area contributed by atoms with Crippen molar-refractivity contribution in [3.63, 3.8) is 0 Å². The van der Waals surface area contributed by atoms with E-state index in [2.05, 4.69) is 47.6 Å². The van der Waals surface area contributed by atoms with E-state index in [1.807, 2.05) is 24.1 Å². The van der Waals surface area contributed by atoms with Gasteiger partial charge < -0.3 is 10.1 Å². The number of hydrogen-bond acceptors (Lipinski definition) is 4. The van der Waals surface area contributed by atoms with Gasteiger partial charge in [-0.25, -0.2) is 0 Å². The fourth-order valence-electron chi connectivity index (χ4n) is 2.67. The number of ether oxygens (including phenoxy) is 1. The van der Waals surface area contributed by atoms with Gasteiger partial charge in [0.05, 0.1) is 31.1 Å². The third-order valence-corrected chi connectivity index (χ3v) is 3.78. The average molecular weight is 299 g/mol. The molecular weight excluding hydrogens is 278 g/mol. The van der Waals surface area contributed by atoms with Crippen LogP contribution in [0.5, 0.6) is 5.75 Å². The van der Waals surface area contributed by atoms with E-state index in [0.29, 0.717) is 0 Å². The van der Waals surface area contributed by atoms with E-state index in [-0.39, 0.29) is 6.04 Å². The molecule has 0 aliphatic heterocycles. The number of anilines is 1. The van der Waals surface area contributed by atoms with Crippen molar-refractivity contribution in [1.82, 2.24) is 19.6 Å². The van der Waals surface area contributed by atoms with Gasteiger partial charge in [-0.05, 0) is 32.0 Å². The Morgan fingerprint density at radius 1 is 1.36 bits per heavy atom. The fourth-order valence-corrected chi connectivity index (χ4v) is 2.67. The van der Waals surface area contributed by atoms with Crippen LogP contribution in [0.4, 0.5) is 5.69 Å². The summed E-state index contributed by atoms with van der Waals surface area (Å²) in [5.74, 6) is 0.794. The van der Waals surface area contributed by atoms with Gasteiger partial charge in [-0.2, -0.15) is 10.2 Å². The molecule has 0 aliphatic carbocycles. The zero-order chi connectivity index (χ0) is 15.7. The van der Waals surface area contributed by atoms with Crippen LogP contribution in [0.3, 0.4) is 0 Å². The highest BCUT2D eigenvalue weighted by molar-refractivity contribution is 5.82. The Kier molecular flexibility index (Phi) is 3.75. The van der Waals surface area contributed by atoms with Crippen molar-refractivity contribution in [2.45, 2.75) is 26.4 Å². The van der Waals surface area contributed by atoms with Crippen LogP contribution < -0.4 is 10.1 Å². The molecule has 116 valence electrons. The Morgan fingerprint density at radius 3 is 2.91 bits per heavy atom. The van der Waals surface area contributed by atoms with Gasteiger partial charge in [0.25, 0.3) is 0 Å². The molecule has 1 N–H and O–H groups in total. The largest absolute Gasteiger partial charge is 0.493 e. The number of fused-ring (bicyclic) bond motifs is 1.